The van der Waals surface area contributed by atoms with Crippen molar-refractivity contribution >= 4 is 44.0 Å². The molecule has 0 spiro atoms. The topological polar surface area (TPSA) is 63.2 Å². The summed E-state index contributed by atoms with van der Waals surface area (Å²) in [6.07, 6.45) is -0.0688. The highest BCUT2D eigenvalue weighted by atomic mass is 127. The highest BCUT2D eigenvalue weighted by Crippen LogP contribution is 2.18. The number of hydrogen-bond acceptors (Lipinski definition) is 3. The van der Waals surface area contributed by atoms with Crippen molar-refractivity contribution in [2.45, 2.75) is 25.2 Å². The van der Waals surface area contributed by atoms with E-state index >= 15 is 0 Å². The van der Waals surface area contributed by atoms with Gasteiger partial charge >= 0.3 is 0 Å². The molecule has 6 heteroatoms. The molecule has 2 aromatic rings. The van der Waals surface area contributed by atoms with E-state index in [1.165, 1.54) is 0 Å². The van der Waals surface area contributed by atoms with Crippen LogP contribution in [-0.2, 0) is 14.6 Å². The zero-order valence-electron chi connectivity index (χ0n) is 13.0. The van der Waals surface area contributed by atoms with E-state index in [9.17, 15) is 13.2 Å². The van der Waals surface area contributed by atoms with Crippen LogP contribution in [0.5, 0.6) is 0 Å². The van der Waals surface area contributed by atoms with Crippen LogP contribution in [0, 0.1) is 17.4 Å². The molecule has 4 nitrogen and oxygen atoms in total. The second kappa shape index (κ2) is 7.44. The maximum Gasteiger partial charge on any atom is 0.225 e. The van der Waals surface area contributed by atoms with Gasteiger partial charge in [0.1, 0.15) is 0 Å². The predicted octanol–water partition coefficient (Wildman–Crippen LogP) is 3.71. The Kier molecular flexibility index (Phi) is 5.80. The molecule has 122 valence electrons. The zero-order chi connectivity index (χ0) is 17.0. The molecule has 23 heavy (non-hydrogen) atoms. The average Bonchev–Trinajstić information content (AvgIpc) is 2.50. The largest absolute Gasteiger partial charge is 0.326 e. The molecule has 2 rings (SSSR count). The van der Waals surface area contributed by atoms with Gasteiger partial charge in [-0.1, -0.05) is 23.8 Å². The lowest BCUT2D eigenvalue weighted by Gasteiger charge is -2.08. The number of benzene rings is 2. The van der Waals surface area contributed by atoms with Crippen molar-refractivity contribution in [2.75, 3.05) is 11.1 Å². The van der Waals surface area contributed by atoms with Gasteiger partial charge in [0, 0.05) is 15.7 Å². The van der Waals surface area contributed by atoms with Crippen LogP contribution in [0.15, 0.2) is 47.4 Å². The Morgan fingerprint density at radius 1 is 1.09 bits per heavy atom. The fraction of sp³-hybridized carbons (Fsp3) is 0.235. The fourth-order valence-corrected chi connectivity index (χ4v) is 3.74. The van der Waals surface area contributed by atoms with E-state index in [1.807, 2.05) is 32.0 Å². The summed E-state index contributed by atoms with van der Waals surface area (Å²) in [4.78, 5) is 12.2. The van der Waals surface area contributed by atoms with Gasteiger partial charge in [0.05, 0.1) is 10.6 Å². The maximum atomic E-state index is 12.2. The molecular weight excluding hydrogens is 425 g/mol. The van der Waals surface area contributed by atoms with Crippen LogP contribution >= 0.6 is 22.6 Å². The van der Waals surface area contributed by atoms with Crippen molar-refractivity contribution in [3.05, 3.63) is 57.2 Å². The quantitative estimate of drug-likeness (QED) is 0.717. The first-order valence-corrected chi connectivity index (χ1v) is 9.86. The summed E-state index contributed by atoms with van der Waals surface area (Å²) in [5, 5.41) is 2.73. The summed E-state index contributed by atoms with van der Waals surface area (Å²) in [6.45, 7) is 3.88. The minimum Gasteiger partial charge on any atom is -0.326 e. The van der Waals surface area contributed by atoms with Crippen LogP contribution in [-0.4, -0.2) is 20.1 Å². The van der Waals surface area contributed by atoms with Crippen LogP contribution in [0.3, 0.4) is 0 Å². The number of anilines is 1. The fourth-order valence-electron chi connectivity index (χ4n) is 1.98. The van der Waals surface area contributed by atoms with Crippen LogP contribution in [0.1, 0.15) is 17.5 Å². The Labute approximate surface area is 150 Å². The number of aryl methyl sites for hydroxylation is 2. The van der Waals surface area contributed by atoms with Crippen molar-refractivity contribution in [3.63, 3.8) is 0 Å². The highest BCUT2D eigenvalue weighted by molar-refractivity contribution is 14.1. The molecule has 2 aromatic carbocycles. The van der Waals surface area contributed by atoms with Crippen molar-refractivity contribution in [3.8, 4) is 0 Å². The normalized spacial score (nSPS) is 11.3. The molecule has 0 aliphatic heterocycles. The Morgan fingerprint density at radius 3 is 2.35 bits per heavy atom. The standard InChI is InChI=1S/C17H18INO3S/c1-12-3-7-15(8-4-12)23(21,22)10-9-17(20)19-14-6-5-13(2)16(18)11-14/h3-8,11H,9-10H2,1-2H3,(H,19,20). The summed E-state index contributed by atoms with van der Waals surface area (Å²) in [5.41, 5.74) is 2.80. The molecule has 0 aliphatic rings. The molecule has 0 atom stereocenters. The van der Waals surface area contributed by atoms with Gasteiger partial charge in [-0.15, -0.1) is 0 Å². The van der Waals surface area contributed by atoms with Gasteiger partial charge in [-0.3, -0.25) is 4.79 Å². The number of halogens is 1. The lowest BCUT2D eigenvalue weighted by atomic mass is 10.2. The number of hydrogen-bond donors (Lipinski definition) is 1. The monoisotopic (exact) mass is 443 g/mol. The third-order valence-corrected chi connectivity index (χ3v) is 6.33. The number of rotatable bonds is 5. The number of carbonyl (C=O) groups excluding carboxylic acids is 1. The van der Waals surface area contributed by atoms with Gasteiger partial charge in [-0.25, -0.2) is 8.42 Å². The zero-order valence-corrected chi connectivity index (χ0v) is 15.9. The van der Waals surface area contributed by atoms with E-state index in [-0.39, 0.29) is 23.0 Å². The molecule has 0 radical (unpaired) electrons. The molecule has 0 aromatic heterocycles. The van der Waals surface area contributed by atoms with Gasteiger partial charge < -0.3 is 5.32 Å². The van der Waals surface area contributed by atoms with Crippen molar-refractivity contribution in [1.29, 1.82) is 0 Å². The third-order valence-electron chi connectivity index (χ3n) is 3.43. The van der Waals surface area contributed by atoms with Crippen LogP contribution in [0.2, 0.25) is 0 Å². The van der Waals surface area contributed by atoms with Crippen molar-refractivity contribution in [1.82, 2.24) is 0 Å². The lowest BCUT2D eigenvalue weighted by molar-refractivity contribution is -0.115. The molecule has 1 amide bonds. The average molecular weight is 443 g/mol. The molecule has 0 aliphatic carbocycles. The van der Waals surface area contributed by atoms with Crippen LogP contribution < -0.4 is 5.32 Å². The lowest BCUT2D eigenvalue weighted by Crippen LogP contribution is -2.17. The Bertz CT molecular complexity index is 814. The van der Waals surface area contributed by atoms with Gasteiger partial charge in [0.25, 0.3) is 0 Å². The molecule has 1 N–H and O–H groups in total. The molecule has 0 unspecified atom stereocenters. The Balaban J connectivity index is 1.98. The second-order valence-electron chi connectivity index (χ2n) is 5.39. The maximum absolute atomic E-state index is 12.2. The van der Waals surface area contributed by atoms with E-state index in [1.54, 1.807) is 24.3 Å². The molecule has 0 saturated carbocycles. The van der Waals surface area contributed by atoms with Crippen LogP contribution in [0.4, 0.5) is 5.69 Å². The van der Waals surface area contributed by atoms with Crippen molar-refractivity contribution < 1.29 is 13.2 Å². The minimum atomic E-state index is -3.44. The van der Waals surface area contributed by atoms with E-state index in [0.717, 1.165) is 14.7 Å². The Morgan fingerprint density at radius 2 is 1.74 bits per heavy atom. The summed E-state index contributed by atoms with van der Waals surface area (Å²) in [7, 11) is -3.44. The number of nitrogens with one attached hydrogen (secondary N) is 1. The second-order valence-corrected chi connectivity index (χ2v) is 8.67. The number of amides is 1. The molecule has 0 fully saturated rings. The van der Waals surface area contributed by atoms with E-state index in [4.69, 9.17) is 0 Å². The summed E-state index contributed by atoms with van der Waals surface area (Å²) >= 11 is 2.19. The number of sulfone groups is 1. The molecule has 0 saturated heterocycles. The summed E-state index contributed by atoms with van der Waals surface area (Å²) < 4.78 is 25.5. The molecule has 0 bridgehead atoms. The van der Waals surface area contributed by atoms with Gasteiger partial charge in [-0.05, 0) is 66.3 Å². The SMILES string of the molecule is Cc1ccc(S(=O)(=O)CCC(=O)Nc2ccc(C)c(I)c2)cc1. The molecular formula is C17H18INO3S. The first-order valence-electron chi connectivity index (χ1n) is 7.13. The minimum absolute atomic E-state index is 0.0688. The number of carbonyl (C=O) groups is 1. The summed E-state index contributed by atoms with van der Waals surface area (Å²) in [5.74, 6) is -0.509. The Hall–Kier alpha value is -1.41. The van der Waals surface area contributed by atoms with Gasteiger partial charge in [0.15, 0.2) is 9.84 Å². The third kappa shape index (κ3) is 5.04. The predicted molar refractivity (Wildman–Crippen MR) is 100 cm³/mol. The molecule has 0 heterocycles. The van der Waals surface area contributed by atoms with Gasteiger partial charge in [-0.2, -0.15) is 0 Å². The van der Waals surface area contributed by atoms with E-state index in [0.29, 0.717) is 5.69 Å². The van der Waals surface area contributed by atoms with Crippen molar-refractivity contribution in [2.24, 2.45) is 0 Å². The van der Waals surface area contributed by atoms with Crippen LogP contribution in [0.25, 0.3) is 0 Å². The smallest absolute Gasteiger partial charge is 0.225 e. The van der Waals surface area contributed by atoms with E-state index < -0.39 is 9.84 Å². The van der Waals surface area contributed by atoms with E-state index in [2.05, 4.69) is 27.9 Å². The highest BCUT2D eigenvalue weighted by Gasteiger charge is 2.16. The first kappa shape index (κ1) is 17.9. The first-order chi connectivity index (χ1) is 10.8. The summed E-state index contributed by atoms with van der Waals surface area (Å²) in [6, 6.07) is 12.2. The van der Waals surface area contributed by atoms with Gasteiger partial charge in [0.2, 0.25) is 5.91 Å².